The highest BCUT2D eigenvalue weighted by atomic mass is 35.5. The van der Waals surface area contributed by atoms with Gasteiger partial charge < -0.3 is 9.88 Å². The summed E-state index contributed by atoms with van der Waals surface area (Å²) in [5.74, 6) is -0.00381. The van der Waals surface area contributed by atoms with Crippen LogP contribution in [0.3, 0.4) is 0 Å². The van der Waals surface area contributed by atoms with E-state index in [1.165, 1.54) is 16.5 Å². The topological polar surface area (TPSA) is 46.9 Å². The maximum absolute atomic E-state index is 12.7. The van der Waals surface area contributed by atoms with Gasteiger partial charge in [0.2, 0.25) is 5.91 Å². The molecule has 0 aliphatic carbocycles. The fraction of sp³-hybridized carbons (Fsp3) is 0.111. The van der Waals surface area contributed by atoms with Crippen LogP contribution in [0.4, 0.5) is 5.69 Å². The standard InChI is InChI=1S/C27H22ClN3O/c28-21-12-9-19(10-13-21)17-31-18-20(22-5-2-4-8-26(22)31)11-14-27(32)30-25-15-16-29-24-7-3-1-6-23(24)25/h1-10,12-13,15-16,18H,11,14,17H2,(H,29,30,32). The zero-order valence-electron chi connectivity index (χ0n) is 17.5. The molecule has 0 spiro atoms. The second-order valence-corrected chi connectivity index (χ2v) is 8.29. The summed E-state index contributed by atoms with van der Waals surface area (Å²) in [6.07, 6.45) is 4.96. The fourth-order valence-corrected chi connectivity index (χ4v) is 4.23. The summed E-state index contributed by atoms with van der Waals surface area (Å²) in [5, 5.41) is 5.92. The number of nitrogens with one attached hydrogen (secondary N) is 1. The highest BCUT2D eigenvalue weighted by Crippen LogP contribution is 2.25. The molecule has 0 fully saturated rings. The van der Waals surface area contributed by atoms with Crippen LogP contribution < -0.4 is 5.32 Å². The Morgan fingerprint density at radius 3 is 2.50 bits per heavy atom. The lowest BCUT2D eigenvalue weighted by atomic mass is 10.1. The number of hydrogen-bond donors (Lipinski definition) is 1. The Morgan fingerprint density at radius 1 is 0.906 bits per heavy atom. The quantitative estimate of drug-likeness (QED) is 0.330. The predicted molar refractivity (Wildman–Crippen MR) is 131 cm³/mol. The van der Waals surface area contributed by atoms with Crippen molar-refractivity contribution in [2.24, 2.45) is 0 Å². The van der Waals surface area contributed by atoms with Crippen molar-refractivity contribution < 1.29 is 4.79 Å². The summed E-state index contributed by atoms with van der Waals surface area (Å²) in [7, 11) is 0. The van der Waals surface area contributed by atoms with E-state index in [0.717, 1.165) is 33.7 Å². The molecule has 4 nitrogen and oxygen atoms in total. The van der Waals surface area contributed by atoms with E-state index in [1.54, 1.807) is 6.20 Å². The molecule has 0 saturated carbocycles. The van der Waals surface area contributed by atoms with Crippen LogP contribution in [0.15, 0.2) is 91.3 Å². The minimum absolute atomic E-state index is 0.00381. The molecule has 0 atom stereocenters. The molecule has 5 aromatic rings. The number of hydrogen-bond acceptors (Lipinski definition) is 2. The Hall–Kier alpha value is -3.63. The Kier molecular flexibility index (Phi) is 5.61. The van der Waals surface area contributed by atoms with Crippen molar-refractivity contribution in [2.45, 2.75) is 19.4 Å². The Morgan fingerprint density at radius 2 is 1.66 bits per heavy atom. The van der Waals surface area contributed by atoms with Crippen molar-refractivity contribution in [1.29, 1.82) is 0 Å². The Bertz CT molecular complexity index is 1400. The third-order valence-electron chi connectivity index (χ3n) is 5.68. The number of fused-ring (bicyclic) bond motifs is 2. The minimum atomic E-state index is -0.00381. The van der Waals surface area contributed by atoms with Crippen LogP contribution in [0, 0.1) is 0 Å². The van der Waals surface area contributed by atoms with Crippen molar-refractivity contribution in [2.75, 3.05) is 5.32 Å². The molecule has 2 heterocycles. The van der Waals surface area contributed by atoms with Gasteiger partial charge in [0.05, 0.1) is 11.2 Å². The van der Waals surface area contributed by atoms with Crippen LogP contribution in [-0.2, 0) is 17.8 Å². The van der Waals surface area contributed by atoms with Gasteiger partial charge in [-0.3, -0.25) is 9.78 Å². The number of carbonyl (C=O) groups excluding carboxylic acids is 1. The van der Waals surface area contributed by atoms with E-state index < -0.39 is 0 Å². The van der Waals surface area contributed by atoms with Crippen molar-refractivity contribution in [1.82, 2.24) is 9.55 Å². The van der Waals surface area contributed by atoms with E-state index in [0.29, 0.717) is 12.8 Å². The summed E-state index contributed by atoms with van der Waals surface area (Å²) >= 11 is 6.03. The molecule has 2 aromatic heterocycles. The van der Waals surface area contributed by atoms with Gasteiger partial charge in [0, 0.05) is 46.7 Å². The molecule has 5 heteroatoms. The maximum Gasteiger partial charge on any atom is 0.224 e. The van der Waals surface area contributed by atoms with Gasteiger partial charge in [-0.05, 0) is 47.9 Å². The van der Waals surface area contributed by atoms with Crippen molar-refractivity contribution >= 4 is 45.0 Å². The SMILES string of the molecule is O=C(CCc1cn(Cc2ccc(Cl)cc2)c2ccccc12)Nc1ccnc2ccccc12. The molecule has 5 rings (SSSR count). The molecule has 0 radical (unpaired) electrons. The minimum Gasteiger partial charge on any atom is -0.343 e. The van der Waals surface area contributed by atoms with Gasteiger partial charge in [-0.2, -0.15) is 0 Å². The van der Waals surface area contributed by atoms with Gasteiger partial charge in [-0.25, -0.2) is 0 Å². The molecule has 0 aliphatic heterocycles. The van der Waals surface area contributed by atoms with Gasteiger partial charge in [-0.1, -0.05) is 60.1 Å². The first-order valence-corrected chi connectivity index (χ1v) is 11.0. The molecular weight excluding hydrogens is 418 g/mol. The van der Waals surface area contributed by atoms with Crippen LogP contribution in [-0.4, -0.2) is 15.5 Å². The number of nitrogens with zero attached hydrogens (tertiary/aromatic N) is 2. The predicted octanol–water partition coefficient (Wildman–Crippen LogP) is 6.46. The number of carbonyl (C=O) groups is 1. The van der Waals surface area contributed by atoms with Crippen LogP contribution >= 0.6 is 11.6 Å². The van der Waals surface area contributed by atoms with E-state index in [2.05, 4.69) is 33.2 Å². The number of halogens is 1. The highest BCUT2D eigenvalue weighted by molar-refractivity contribution is 6.30. The summed E-state index contributed by atoms with van der Waals surface area (Å²) in [6.45, 7) is 0.757. The zero-order chi connectivity index (χ0) is 21.9. The molecule has 0 unspecified atom stereocenters. The first-order chi connectivity index (χ1) is 15.7. The number of benzene rings is 3. The lowest BCUT2D eigenvalue weighted by molar-refractivity contribution is -0.116. The summed E-state index contributed by atoms with van der Waals surface area (Å²) < 4.78 is 2.24. The highest BCUT2D eigenvalue weighted by Gasteiger charge is 2.12. The first-order valence-electron chi connectivity index (χ1n) is 10.6. The van der Waals surface area contributed by atoms with E-state index in [9.17, 15) is 4.79 Å². The lowest BCUT2D eigenvalue weighted by Crippen LogP contribution is -2.12. The van der Waals surface area contributed by atoms with Crippen LogP contribution in [0.1, 0.15) is 17.5 Å². The summed E-state index contributed by atoms with van der Waals surface area (Å²) in [6, 6.07) is 25.9. The third-order valence-corrected chi connectivity index (χ3v) is 5.93. The van der Waals surface area contributed by atoms with E-state index in [4.69, 9.17) is 11.6 Å². The van der Waals surface area contributed by atoms with Gasteiger partial charge in [0.1, 0.15) is 0 Å². The average molecular weight is 440 g/mol. The van der Waals surface area contributed by atoms with Gasteiger partial charge >= 0.3 is 0 Å². The third kappa shape index (κ3) is 4.23. The molecular formula is C27H22ClN3O. The monoisotopic (exact) mass is 439 g/mol. The molecule has 0 aliphatic rings. The van der Waals surface area contributed by atoms with Crippen LogP contribution in [0.2, 0.25) is 5.02 Å². The number of para-hydroxylation sites is 2. The maximum atomic E-state index is 12.7. The van der Waals surface area contributed by atoms with Crippen LogP contribution in [0.5, 0.6) is 0 Å². The van der Waals surface area contributed by atoms with Gasteiger partial charge in [-0.15, -0.1) is 0 Å². The van der Waals surface area contributed by atoms with Crippen molar-refractivity contribution in [3.63, 3.8) is 0 Å². The van der Waals surface area contributed by atoms with Crippen molar-refractivity contribution in [3.05, 3.63) is 107 Å². The number of pyridine rings is 1. The number of amides is 1. The molecule has 0 saturated heterocycles. The second-order valence-electron chi connectivity index (χ2n) is 7.85. The molecule has 1 amide bonds. The molecule has 1 N–H and O–H groups in total. The second kappa shape index (κ2) is 8.85. The Labute approximate surface area is 191 Å². The number of aryl methyl sites for hydroxylation is 1. The molecule has 0 bridgehead atoms. The lowest BCUT2D eigenvalue weighted by Gasteiger charge is -2.08. The number of anilines is 1. The first kappa shape index (κ1) is 20.3. The summed E-state index contributed by atoms with van der Waals surface area (Å²) in [4.78, 5) is 17.1. The van der Waals surface area contributed by atoms with E-state index in [-0.39, 0.29) is 5.91 Å². The molecule has 3 aromatic carbocycles. The normalized spacial score (nSPS) is 11.2. The zero-order valence-corrected chi connectivity index (χ0v) is 18.2. The van der Waals surface area contributed by atoms with Gasteiger partial charge in [0.15, 0.2) is 0 Å². The smallest absolute Gasteiger partial charge is 0.224 e. The molecule has 32 heavy (non-hydrogen) atoms. The average Bonchev–Trinajstić information content (AvgIpc) is 3.17. The largest absolute Gasteiger partial charge is 0.343 e. The summed E-state index contributed by atoms with van der Waals surface area (Å²) in [5.41, 5.74) is 5.19. The van der Waals surface area contributed by atoms with E-state index >= 15 is 0 Å². The van der Waals surface area contributed by atoms with E-state index in [1.807, 2.05) is 66.7 Å². The fourth-order valence-electron chi connectivity index (χ4n) is 4.11. The number of aromatic nitrogens is 2. The molecule has 158 valence electrons. The number of rotatable bonds is 6. The van der Waals surface area contributed by atoms with Gasteiger partial charge in [0.25, 0.3) is 0 Å². The Balaban J connectivity index is 1.34. The van der Waals surface area contributed by atoms with Crippen molar-refractivity contribution in [3.8, 4) is 0 Å². The van der Waals surface area contributed by atoms with Crippen LogP contribution in [0.25, 0.3) is 21.8 Å².